The second kappa shape index (κ2) is 7.64. The van der Waals surface area contributed by atoms with Crippen LogP contribution in [0.3, 0.4) is 0 Å². The van der Waals surface area contributed by atoms with E-state index in [0.29, 0.717) is 6.54 Å². The van der Waals surface area contributed by atoms with Crippen molar-refractivity contribution in [1.29, 1.82) is 0 Å². The third-order valence-electron chi connectivity index (χ3n) is 3.34. The minimum absolute atomic E-state index is 0.235. The third kappa shape index (κ3) is 4.88. The van der Waals surface area contributed by atoms with E-state index in [1.165, 1.54) is 12.1 Å². The van der Waals surface area contributed by atoms with E-state index in [1.54, 1.807) is 23.5 Å². The maximum absolute atomic E-state index is 12.9. The summed E-state index contributed by atoms with van der Waals surface area (Å²) in [6.45, 7) is 5.48. The fourth-order valence-corrected chi connectivity index (χ4v) is 2.74. The normalized spacial score (nSPS) is 12.8. The lowest BCUT2D eigenvalue weighted by molar-refractivity contribution is 0.116. The molecule has 5 heteroatoms. The van der Waals surface area contributed by atoms with Crippen molar-refractivity contribution in [3.05, 3.63) is 41.2 Å². The summed E-state index contributed by atoms with van der Waals surface area (Å²) >= 11 is 1.55. The summed E-state index contributed by atoms with van der Waals surface area (Å²) < 4.78 is 12.9. The molecule has 1 aromatic carbocycles. The van der Waals surface area contributed by atoms with E-state index >= 15 is 0 Å². The minimum Gasteiger partial charge on any atom is -0.393 e. The van der Waals surface area contributed by atoms with E-state index in [1.807, 2.05) is 19.2 Å². The van der Waals surface area contributed by atoms with Gasteiger partial charge in [-0.25, -0.2) is 9.37 Å². The summed E-state index contributed by atoms with van der Waals surface area (Å²) in [5.41, 5.74) is 1.90. The lowest BCUT2D eigenvalue weighted by atomic mass is 10.0. The van der Waals surface area contributed by atoms with Crippen LogP contribution in [0.2, 0.25) is 0 Å². The molecule has 0 aliphatic heterocycles. The Morgan fingerprint density at radius 1 is 1.29 bits per heavy atom. The molecule has 0 saturated carbocycles. The van der Waals surface area contributed by atoms with Gasteiger partial charge in [0, 0.05) is 17.5 Å². The molecular formula is C16H21FN2OS. The Kier molecular flexibility index (Phi) is 5.85. The van der Waals surface area contributed by atoms with Crippen LogP contribution < -0.4 is 5.32 Å². The van der Waals surface area contributed by atoms with Crippen LogP contribution in [0.5, 0.6) is 0 Å². The number of benzene rings is 1. The second-order valence-electron chi connectivity index (χ2n) is 5.43. The number of rotatable bonds is 7. The highest BCUT2D eigenvalue weighted by molar-refractivity contribution is 7.13. The Hall–Kier alpha value is -1.30. The number of aromatic nitrogens is 1. The summed E-state index contributed by atoms with van der Waals surface area (Å²) in [6.07, 6.45) is 0.481. The number of nitrogens with one attached hydrogen (secondary N) is 1. The topological polar surface area (TPSA) is 45.1 Å². The first-order chi connectivity index (χ1) is 10.1. The van der Waals surface area contributed by atoms with Crippen LogP contribution in [0.25, 0.3) is 10.6 Å². The van der Waals surface area contributed by atoms with Crippen molar-refractivity contribution < 1.29 is 9.50 Å². The van der Waals surface area contributed by atoms with Crippen molar-refractivity contribution in [1.82, 2.24) is 10.3 Å². The standard InChI is InChI=1S/C16H21FN2OS/c1-11(2)15(20)7-8-18-9-14-10-21-16(19-14)12-3-5-13(17)6-4-12/h3-6,10-11,15,18,20H,7-9H2,1-2H3. The van der Waals surface area contributed by atoms with Crippen LogP contribution in [0.4, 0.5) is 4.39 Å². The highest BCUT2D eigenvalue weighted by Crippen LogP contribution is 2.23. The molecule has 0 bridgehead atoms. The van der Waals surface area contributed by atoms with Crippen molar-refractivity contribution >= 4 is 11.3 Å². The number of halogens is 1. The van der Waals surface area contributed by atoms with Crippen molar-refractivity contribution in [2.24, 2.45) is 5.92 Å². The molecular weight excluding hydrogens is 287 g/mol. The number of hydrogen-bond donors (Lipinski definition) is 2. The number of hydrogen-bond acceptors (Lipinski definition) is 4. The fourth-order valence-electron chi connectivity index (χ4n) is 1.91. The van der Waals surface area contributed by atoms with Crippen molar-refractivity contribution in [2.75, 3.05) is 6.54 Å². The molecule has 0 aliphatic carbocycles. The highest BCUT2D eigenvalue weighted by Gasteiger charge is 2.08. The first kappa shape index (κ1) is 16.1. The average molecular weight is 308 g/mol. The van der Waals surface area contributed by atoms with Gasteiger partial charge < -0.3 is 10.4 Å². The minimum atomic E-state index is -0.261. The van der Waals surface area contributed by atoms with Gasteiger partial charge in [0.2, 0.25) is 0 Å². The largest absolute Gasteiger partial charge is 0.393 e. The first-order valence-corrected chi connectivity index (χ1v) is 8.03. The van der Waals surface area contributed by atoms with E-state index < -0.39 is 0 Å². The van der Waals surface area contributed by atoms with Crippen molar-refractivity contribution in [3.63, 3.8) is 0 Å². The Balaban J connectivity index is 1.82. The average Bonchev–Trinajstić information content (AvgIpc) is 2.93. The molecule has 21 heavy (non-hydrogen) atoms. The van der Waals surface area contributed by atoms with E-state index in [2.05, 4.69) is 10.3 Å². The van der Waals surface area contributed by atoms with Crippen molar-refractivity contribution in [3.8, 4) is 10.6 Å². The maximum atomic E-state index is 12.9. The van der Waals surface area contributed by atoms with E-state index in [0.717, 1.165) is 29.2 Å². The predicted octanol–water partition coefficient (Wildman–Crippen LogP) is 3.45. The molecule has 0 fully saturated rings. The highest BCUT2D eigenvalue weighted by atomic mass is 32.1. The maximum Gasteiger partial charge on any atom is 0.123 e. The first-order valence-electron chi connectivity index (χ1n) is 7.15. The predicted molar refractivity (Wildman–Crippen MR) is 84.7 cm³/mol. The fraction of sp³-hybridized carbons (Fsp3) is 0.438. The van der Waals surface area contributed by atoms with Crippen LogP contribution in [0, 0.1) is 11.7 Å². The van der Waals surface area contributed by atoms with Crippen LogP contribution in [-0.4, -0.2) is 22.7 Å². The molecule has 0 spiro atoms. The zero-order valence-electron chi connectivity index (χ0n) is 12.3. The SMILES string of the molecule is CC(C)C(O)CCNCc1csc(-c2ccc(F)cc2)n1. The molecule has 114 valence electrons. The van der Waals surface area contributed by atoms with E-state index in [-0.39, 0.29) is 17.8 Å². The summed E-state index contributed by atoms with van der Waals surface area (Å²) in [5, 5.41) is 15.9. The number of aliphatic hydroxyl groups excluding tert-OH is 1. The number of thiazole rings is 1. The van der Waals surface area contributed by atoms with Gasteiger partial charge in [0.15, 0.2) is 0 Å². The van der Waals surface area contributed by atoms with Gasteiger partial charge in [-0.15, -0.1) is 11.3 Å². The summed E-state index contributed by atoms with van der Waals surface area (Å²) in [4.78, 5) is 4.53. The Labute approximate surface area is 128 Å². The molecule has 1 atom stereocenters. The van der Waals surface area contributed by atoms with Gasteiger partial charge in [0.25, 0.3) is 0 Å². The lowest BCUT2D eigenvalue weighted by Crippen LogP contribution is -2.23. The zero-order valence-corrected chi connectivity index (χ0v) is 13.2. The van der Waals surface area contributed by atoms with Gasteiger partial charge in [-0.05, 0) is 43.1 Å². The zero-order chi connectivity index (χ0) is 15.2. The van der Waals surface area contributed by atoms with Crippen LogP contribution in [0.15, 0.2) is 29.6 Å². The smallest absolute Gasteiger partial charge is 0.123 e. The molecule has 2 rings (SSSR count). The molecule has 1 aromatic heterocycles. The molecule has 1 heterocycles. The monoisotopic (exact) mass is 308 g/mol. The lowest BCUT2D eigenvalue weighted by Gasteiger charge is -2.14. The number of aliphatic hydroxyl groups is 1. The van der Waals surface area contributed by atoms with Crippen LogP contribution in [-0.2, 0) is 6.54 Å². The molecule has 0 amide bonds. The van der Waals surface area contributed by atoms with Gasteiger partial charge in [0.05, 0.1) is 11.8 Å². The van der Waals surface area contributed by atoms with Gasteiger partial charge in [-0.1, -0.05) is 13.8 Å². The molecule has 2 aromatic rings. The molecule has 2 N–H and O–H groups in total. The van der Waals surface area contributed by atoms with E-state index in [9.17, 15) is 9.50 Å². The van der Waals surface area contributed by atoms with Gasteiger partial charge in [0.1, 0.15) is 10.8 Å². The summed E-state index contributed by atoms with van der Waals surface area (Å²) in [7, 11) is 0. The summed E-state index contributed by atoms with van der Waals surface area (Å²) in [5.74, 6) is 0.0528. The number of nitrogens with zero attached hydrogens (tertiary/aromatic N) is 1. The van der Waals surface area contributed by atoms with Crippen LogP contribution >= 0.6 is 11.3 Å². The third-order valence-corrected chi connectivity index (χ3v) is 4.28. The summed E-state index contributed by atoms with van der Waals surface area (Å²) in [6, 6.07) is 6.37. The van der Waals surface area contributed by atoms with Gasteiger partial charge in [-0.2, -0.15) is 0 Å². The molecule has 0 radical (unpaired) electrons. The van der Waals surface area contributed by atoms with E-state index in [4.69, 9.17) is 0 Å². The Morgan fingerprint density at radius 3 is 2.67 bits per heavy atom. The van der Waals surface area contributed by atoms with Crippen molar-refractivity contribution in [2.45, 2.75) is 32.9 Å². The van der Waals surface area contributed by atoms with Gasteiger partial charge >= 0.3 is 0 Å². The van der Waals surface area contributed by atoms with Crippen LogP contribution in [0.1, 0.15) is 26.0 Å². The molecule has 0 saturated heterocycles. The Bertz CT molecular complexity index is 554. The van der Waals surface area contributed by atoms with Gasteiger partial charge in [-0.3, -0.25) is 0 Å². The Morgan fingerprint density at radius 2 is 2.00 bits per heavy atom. The molecule has 3 nitrogen and oxygen atoms in total. The molecule has 0 aliphatic rings. The molecule has 1 unspecified atom stereocenters. The quantitative estimate of drug-likeness (QED) is 0.770. The second-order valence-corrected chi connectivity index (χ2v) is 6.29.